The van der Waals surface area contributed by atoms with E-state index >= 15 is 0 Å². The summed E-state index contributed by atoms with van der Waals surface area (Å²) in [5, 5.41) is 9.81. The Morgan fingerprint density at radius 1 is 0.946 bits per heavy atom. The first-order valence-electron chi connectivity index (χ1n) is 12.3. The number of amides is 3. The maximum atomic E-state index is 13.6. The molecule has 0 spiro atoms. The standard InChI is InChI=1S/C29H29N5O2S/c1-20-25(27(35)32-23-13-6-3-7-14-23)26(34-16-9-17-37-29(34)31-20)22-12-8-15-24(18-22)33-28(36)30-19-21-10-4-2-5-11-21/h2-8,10-15,18,26H,9,16-17,19H2,1H3,(H,32,35)(H2,30,33,36). The molecule has 0 bridgehead atoms. The molecule has 3 aromatic carbocycles. The van der Waals surface area contributed by atoms with E-state index in [-0.39, 0.29) is 18.0 Å². The summed E-state index contributed by atoms with van der Waals surface area (Å²) >= 11 is 1.72. The number of hydrogen-bond donors (Lipinski definition) is 3. The molecule has 0 saturated carbocycles. The van der Waals surface area contributed by atoms with Crippen molar-refractivity contribution in [2.75, 3.05) is 22.9 Å². The summed E-state index contributed by atoms with van der Waals surface area (Å²) < 4.78 is 0. The number of amidine groups is 1. The molecule has 7 nitrogen and oxygen atoms in total. The summed E-state index contributed by atoms with van der Waals surface area (Å²) in [6.07, 6.45) is 1.01. The summed E-state index contributed by atoms with van der Waals surface area (Å²) in [5.74, 6) is 0.829. The van der Waals surface area contributed by atoms with Gasteiger partial charge in [0.1, 0.15) is 0 Å². The molecule has 8 heteroatoms. The number of nitrogens with one attached hydrogen (secondary N) is 3. The van der Waals surface area contributed by atoms with E-state index < -0.39 is 0 Å². The highest BCUT2D eigenvalue weighted by Gasteiger charge is 2.37. The number of carbonyl (C=O) groups is 2. The van der Waals surface area contributed by atoms with Crippen LogP contribution in [0, 0.1) is 0 Å². The Balaban J connectivity index is 1.40. The van der Waals surface area contributed by atoms with Gasteiger partial charge in [0.2, 0.25) is 0 Å². The third-order valence-electron chi connectivity index (χ3n) is 6.29. The van der Waals surface area contributed by atoms with E-state index in [1.54, 1.807) is 11.8 Å². The first kappa shape index (κ1) is 24.6. The van der Waals surface area contributed by atoms with Gasteiger partial charge in [-0.05, 0) is 48.7 Å². The van der Waals surface area contributed by atoms with Crippen LogP contribution in [0.5, 0.6) is 0 Å². The number of fused-ring (bicyclic) bond motifs is 1. The topological polar surface area (TPSA) is 85.8 Å². The van der Waals surface area contributed by atoms with E-state index in [1.165, 1.54) is 0 Å². The van der Waals surface area contributed by atoms with E-state index in [0.29, 0.717) is 23.5 Å². The fourth-order valence-electron chi connectivity index (χ4n) is 4.57. The Morgan fingerprint density at radius 2 is 1.68 bits per heavy atom. The molecule has 0 aromatic heterocycles. The average Bonchev–Trinajstić information content (AvgIpc) is 2.92. The van der Waals surface area contributed by atoms with E-state index in [0.717, 1.165) is 40.7 Å². The summed E-state index contributed by atoms with van der Waals surface area (Å²) in [6.45, 7) is 3.14. The molecule has 3 N–H and O–H groups in total. The van der Waals surface area contributed by atoms with Gasteiger partial charge in [0.25, 0.3) is 5.91 Å². The molecule has 2 aliphatic rings. The molecular weight excluding hydrogens is 482 g/mol. The van der Waals surface area contributed by atoms with Crippen LogP contribution in [0.4, 0.5) is 16.2 Å². The van der Waals surface area contributed by atoms with Crippen molar-refractivity contribution in [3.8, 4) is 0 Å². The minimum Gasteiger partial charge on any atom is -0.340 e. The van der Waals surface area contributed by atoms with Crippen LogP contribution < -0.4 is 16.0 Å². The van der Waals surface area contributed by atoms with Crippen molar-refractivity contribution < 1.29 is 9.59 Å². The highest BCUT2D eigenvalue weighted by atomic mass is 32.2. The molecule has 0 radical (unpaired) electrons. The molecule has 3 aromatic rings. The first-order valence-corrected chi connectivity index (χ1v) is 13.3. The normalized spacial score (nSPS) is 16.9. The van der Waals surface area contributed by atoms with Gasteiger partial charge in [-0.25, -0.2) is 9.79 Å². The van der Waals surface area contributed by atoms with Gasteiger partial charge >= 0.3 is 6.03 Å². The van der Waals surface area contributed by atoms with Crippen molar-refractivity contribution in [3.05, 3.63) is 107 Å². The predicted molar refractivity (Wildman–Crippen MR) is 150 cm³/mol. The van der Waals surface area contributed by atoms with Crippen LogP contribution >= 0.6 is 11.8 Å². The highest BCUT2D eigenvalue weighted by molar-refractivity contribution is 8.13. The SMILES string of the molecule is CC1=C(C(=O)Nc2ccccc2)C(c2cccc(NC(=O)NCc3ccccc3)c2)N2CCCSC2=N1. The van der Waals surface area contributed by atoms with Crippen LogP contribution in [0.2, 0.25) is 0 Å². The Hall–Kier alpha value is -4.04. The summed E-state index contributed by atoms with van der Waals surface area (Å²) in [5.41, 5.74) is 4.67. The van der Waals surface area contributed by atoms with Crippen molar-refractivity contribution in [2.24, 2.45) is 4.99 Å². The van der Waals surface area contributed by atoms with E-state index in [1.807, 2.05) is 91.9 Å². The number of thioether (sulfide) groups is 1. The summed E-state index contributed by atoms with van der Waals surface area (Å²) in [7, 11) is 0. The number of urea groups is 1. The van der Waals surface area contributed by atoms with Crippen molar-refractivity contribution in [2.45, 2.75) is 25.9 Å². The van der Waals surface area contributed by atoms with Crippen molar-refractivity contribution in [1.82, 2.24) is 10.2 Å². The summed E-state index contributed by atoms with van der Waals surface area (Å²) in [4.78, 5) is 33.2. The monoisotopic (exact) mass is 511 g/mol. The first-order chi connectivity index (χ1) is 18.1. The number of hydrogen-bond acceptors (Lipinski definition) is 5. The lowest BCUT2D eigenvalue weighted by molar-refractivity contribution is -0.113. The van der Waals surface area contributed by atoms with Crippen molar-refractivity contribution in [3.63, 3.8) is 0 Å². The Kier molecular flexibility index (Phi) is 7.56. The zero-order chi connectivity index (χ0) is 25.6. The highest BCUT2D eigenvalue weighted by Crippen LogP contribution is 2.40. The number of benzene rings is 3. The molecule has 1 unspecified atom stereocenters. The lowest BCUT2D eigenvalue weighted by Gasteiger charge is -2.41. The molecular formula is C29H29N5O2S. The molecule has 2 heterocycles. The molecule has 1 atom stereocenters. The second kappa shape index (κ2) is 11.3. The van der Waals surface area contributed by atoms with Crippen LogP contribution in [-0.4, -0.2) is 34.3 Å². The van der Waals surface area contributed by atoms with Crippen LogP contribution in [0.25, 0.3) is 0 Å². The number of para-hydroxylation sites is 1. The Labute approximate surface area is 221 Å². The van der Waals surface area contributed by atoms with Gasteiger partial charge in [-0.1, -0.05) is 72.4 Å². The third kappa shape index (κ3) is 5.86. The maximum absolute atomic E-state index is 13.6. The fraction of sp³-hybridized carbons (Fsp3) is 0.207. The van der Waals surface area contributed by atoms with E-state index in [2.05, 4.69) is 20.9 Å². The molecule has 2 aliphatic heterocycles. The largest absolute Gasteiger partial charge is 0.340 e. The number of anilines is 2. The van der Waals surface area contributed by atoms with Gasteiger partial charge in [0.15, 0.2) is 5.17 Å². The molecule has 1 fully saturated rings. The fourth-order valence-corrected chi connectivity index (χ4v) is 5.59. The second-order valence-electron chi connectivity index (χ2n) is 8.93. The van der Waals surface area contributed by atoms with Gasteiger partial charge < -0.3 is 20.9 Å². The predicted octanol–water partition coefficient (Wildman–Crippen LogP) is 5.77. The van der Waals surface area contributed by atoms with Crippen LogP contribution in [0.15, 0.2) is 101 Å². The molecule has 0 aliphatic carbocycles. The smallest absolute Gasteiger partial charge is 0.319 e. The van der Waals surface area contributed by atoms with Gasteiger partial charge in [-0.2, -0.15) is 0 Å². The number of allylic oxidation sites excluding steroid dienone is 1. The molecule has 1 saturated heterocycles. The Bertz CT molecular complexity index is 1340. The van der Waals surface area contributed by atoms with Gasteiger partial charge in [-0.3, -0.25) is 4.79 Å². The Morgan fingerprint density at radius 3 is 2.46 bits per heavy atom. The molecule has 3 amide bonds. The van der Waals surface area contributed by atoms with Crippen molar-refractivity contribution >= 4 is 40.2 Å². The maximum Gasteiger partial charge on any atom is 0.319 e. The third-order valence-corrected chi connectivity index (χ3v) is 7.37. The van der Waals surface area contributed by atoms with Crippen LogP contribution in [0.3, 0.4) is 0 Å². The zero-order valence-corrected chi connectivity index (χ0v) is 21.4. The molecule has 37 heavy (non-hydrogen) atoms. The number of aliphatic imine (C=N–C) groups is 1. The number of carbonyl (C=O) groups excluding carboxylic acids is 2. The average molecular weight is 512 g/mol. The van der Waals surface area contributed by atoms with Gasteiger partial charge in [0, 0.05) is 30.2 Å². The van der Waals surface area contributed by atoms with E-state index in [4.69, 9.17) is 4.99 Å². The van der Waals surface area contributed by atoms with Gasteiger partial charge in [0.05, 0.1) is 17.3 Å². The lowest BCUT2D eigenvalue weighted by Crippen LogP contribution is -2.43. The van der Waals surface area contributed by atoms with Gasteiger partial charge in [-0.15, -0.1) is 0 Å². The summed E-state index contributed by atoms with van der Waals surface area (Å²) in [6, 6.07) is 26.3. The molecule has 188 valence electrons. The van der Waals surface area contributed by atoms with Crippen molar-refractivity contribution in [1.29, 1.82) is 0 Å². The number of rotatable bonds is 6. The second-order valence-corrected chi connectivity index (χ2v) is 9.99. The van der Waals surface area contributed by atoms with Crippen LogP contribution in [0.1, 0.15) is 30.5 Å². The lowest BCUT2D eigenvalue weighted by atomic mass is 9.93. The quantitative estimate of drug-likeness (QED) is 0.392. The van der Waals surface area contributed by atoms with E-state index in [9.17, 15) is 9.59 Å². The van der Waals surface area contributed by atoms with Crippen LogP contribution in [-0.2, 0) is 11.3 Å². The minimum absolute atomic E-state index is 0.175. The zero-order valence-electron chi connectivity index (χ0n) is 20.6. The minimum atomic E-state index is -0.307. The molecule has 5 rings (SSSR count). The number of nitrogens with zero attached hydrogens (tertiary/aromatic N) is 2.